The molecular formula is C16H25N5. The van der Waals surface area contributed by atoms with Crippen LogP contribution >= 0.6 is 0 Å². The molecule has 1 N–H and O–H groups in total. The molecule has 0 amide bonds. The van der Waals surface area contributed by atoms with Gasteiger partial charge in [0.05, 0.1) is 5.69 Å². The third-order valence-electron chi connectivity index (χ3n) is 4.27. The van der Waals surface area contributed by atoms with Crippen LogP contribution in [0.3, 0.4) is 0 Å². The quantitative estimate of drug-likeness (QED) is 0.930. The Balaban J connectivity index is 2.03. The Morgan fingerprint density at radius 2 is 2.19 bits per heavy atom. The molecule has 0 aliphatic carbocycles. The average molecular weight is 287 g/mol. The van der Waals surface area contributed by atoms with Gasteiger partial charge in [0, 0.05) is 31.9 Å². The van der Waals surface area contributed by atoms with Crippen LogP contribution in [0.2, 0.25) is 0 Å². The normalized spacial score (nSPS) is 20.9. The van der Waals surface area contributed by atoms with Crippen molar-refractivity contribution in [3.63, 3.8) is 0 Å². The maximum absolute atomic E-state index is 4.90. The van der Waals surface area contributed by atoms with Gasteiger partial charge in [0.15, 0.2) is 5.82 Å². The van der Waals surface area contributed by atoms with Crippen LogP contribution in [0, 0.1) is 0 Å². The molecule has 0 spiro atoms. The first kappa shape index (κ1) is 14.4. The molecule has 1 saturated heterocycles. The molecule has 2 aromatic rings. The van der Waals surface area contributed by atoms with Gasteiger partial charge in [-0.1, -0.05) is 6.07 Å². The SMILES string of the molecule is CNCc1c(N2CCCN(C)CC2C)nc2ccccn12. The molecule has 2 aromatic heterocycles. The number of aromatic nitrogens is 2. The molecule has 0 bridgehead atoms. The monoisotopic (exact) mass is 287 g/mol. The van der Waals surface area contributed by atoms with E-state index >= 15 is 0 Å². The van der Waals surface area contributed by atoms with Crippen molar-refractivity contribution in [2.24, 2.45) is 0 Å². The topological polar surface area (TPSA) is 35.8 Å². The fourth-order valence-electron chi connectivity index (χ4n) is 3.28. The highest BCUT2D eigenvalue weighted by Gasteiger charge is 2.25. The lowest BCUT2D eigenvalue weighted by Crippen LogP contribution is -2.38. The molecule has 3 rings (SSSR count). The number of likely N-dealkylation sites (N-methyl/N-ethyl adjacent to an activating group) is 1. The van der Waals surface area contributed by atoms with Gasteiger partial charge in [-0.25, -0.2) is 4.98 Å². The summed E-state index contributed by atoms with van der Waals surface area (Å²) in [5.41, 5.74) is 2.28. The van der Waals surface area contributed by atoms with Gasteiger partial charge in [0.1, 0.15) is 5.65 Å². The van der Waals surface area contributed by atoms with Crippen molar-refractivity contribution in [3.8, 4) is 0 Å². The van der Waals surface area contributed by atoms with E-state index in [1.807, 2.05) is 7.05 Å². The smallest absolute Gasteiger partial charge is 0.152 e. The highest BCUT2D eigenvalue weighted by Crippen LogP contribution is 2.25. The second-order valence-corrected chi connectivity index (χ2v) is 6.00. The summed E-state index contributed by atoms with van der Waals surface area (Å²) in [7, 11) is 4.20. The van der Waals surface area contributed by atoms with E-state index in [1.54, 1.807) is 0 Å². The number of nitrogens with one attached hydrogen (secondary N) is 1. The lowest BCUT2D eigenvalue weighted by Gasteiger charge is -2.29. The summed E-state index contributed by atoms with van der Waals surface area (Å²) in [6.07, 6.45) is 3.29. The fraction of sp³-hybridized carbons (Fsp3) is 0.562. The third-order valence-corrected chi connectivity index (χ3v) is 4.27. The van der Waals surface area contributed by atoms with Crippen LogP contribution in [0.25, 0.3) is 5.65 Å². The molecule has 1 atom stereocenters. The number of imidazole rings is 1. The number of pyridine rings is 1. The van der Waals surface area contributed by atoms with Gasteiger partial charge < -0.3 is 19.5 Å². The Labute approximate surface area is 126 Å². The lowest BCUT2D eigenvalue weighted by molar-refractivity contribution is 0.337. The zero-order valence-electron chi connectivity index (χ0n) is 13.2. The number of hydrogen-bond acceptors (Lipinski definition) is 4. The number of nitrogens with zero attached hydrogens (tertiary/aromatic N) is 4. The standard InChI is InChI=1S/C16H25N5/c1-13-12-19(3)8-6-10-20(13)16-14(11-17-2)21-9-5-4-7-15(21)18-16/h4-5,7,9,13,17H,6,8,10-12H2,1-3H3. The van der Waals surface area contributed by atoms with Gasteiger partial charge in [0.25, 0.3) is 0 Å². The summed E-state index contributed by atoms with van der Waals surface area (Å²) in [4.78, 5) is 9.79. The first-order valence-electron chi connectivity index (χ1n) is 7.76. The van der Waals surface area contributed by atoms with E-state index in [2.05, 4.69) is 57.9 Å². The van der Waals surface area contributed by atoms with Crippen molar-refractivity contribution in [1.29, 1.82) is 0 Å². The molecule has 1 aliphatic rings. The van der Waals surface area contributed by atoms with E-state index in [-0.39, 0.29) is 0 Å². The van der Waals surface area contributed by atoms with Gasteiger partial charge in [0.2, 0.25) is 0 Å². The molecule has 1 unspecified atom stereocenters. The van der Waals surface area contributed by atoms with Gasteiger partial charge in [-0.2, -0.15) is 0 Å². The first-order chi connectivity index (χ1) is 10.2. The fourth-order valence-corrected chi connectivity index (χ4v) is 3.28. The predicted molar refractivity (Wildman–Crippen MR) is 86.9 cm³/mol. The molecule has 0 aromatic carbocycles. The molecule has 0 saturated carbocycles. The molecule has 3 heterocycles. The zero-order chi connectivity index (χ0) is 14.8. The Morgan fingerprint density at radius 3 is 3.00 bits per heavy atom. The Bertz CT molecular complexity index is 606. The minimum atomic E-state index is 0.484. The Morgan fingerprint density at radius 1 is 1.33 bits per heavy atom. The van der Waals surface area contributed by atoms with Crippen LogP contribution in [0.4, 0.5) is 5.82 Å². The molecule has 1 fully saturated rings. The van der Waals surface area contributed by atoms with Crippen molar-refractivity contribution >= 4 is 11.5 Å². The van der Waals surface area contributed by atoms with E-state index < -0.39 is 0 Å². The number of anilines is 1. The molecule has 21 heavy (non-hydrogen) atoms. The third kappa shape index (κ3) is 2.76. The van der Waals surface area contributed by atoms with Crippen molar-refractivity contribution in [2.45, 2.75) is 25.9 Å². The average Bonchev–Trinajstić information content (AvgIpc) is 2.73. The Hall–Kier alpha value is -1.59. The largest absolute Gasteiger partial charge is 0.351 e. The number of fused-ring (bicyclic) bond motifs is 1. The van der Waals surface area contributed by atoms with Crippen LogP contribution in [0.1, 0.15) is 19.0 Å². The maximum atomic E-state index is 4.90. The van der Waals surface area contributed by atoms with Gasteiger partial charge in [-0.15, -0.1) is 0 Å². The van der Waals surface area contributed by atoms with E-state index in [9.17, 15) is 0 Å². The molecule has 1 aliphatic heterocycles. The molecule has 5 heteroatoms. The van der Waals surface area contributed by atoms with E-state index in [0.717, 1.165) is 37.6 Å². The summed E-state index contributed by atoms with van der Waals surface area (Å²) in [5.74, 6) is 1.14. The first-order valence-corrected chi connectivity index (χ1v) is 7.76. The van der Waals surface area contributed by atoms with Crippen LogP contribution in [-0.4, -0.2) is 54.1 Å². The minimum absolute atomic E-state index is 0.484. The Kier molecular flexibility index (Phi) is 4.12. The number of rotatable bonds is 3. The lowest BCUT2D eigenvalue weighted by atomic mass is 10.2. The van der Waals surface area contributed by atoms with Crippen molar-refractivity contribution in [3.05, 3.63) is 30.1 Å². The summed E-state index contributed by atoms with van der Waals surface area (Å²) in [6, 6.07) is 6.68. The summed E-state index contributed by atoms with van der Waals surface area (Å²) >= 11 is 0. The highest BCUT2D eigenvalue weighted by molar-refractivity contribution is 5.56. The second kappa shape index (κ2) is 6.03. The van der Waals surface area contributed by atoms with Crippen LogP contribution in [-0.2, 0) is 6.54 Å². The highest BCUT2D eigenvalue weighted by atomic mass is 15.3. The van der Waals surface area contributed by atoms with Crippen molar-refractivity contribution in [2.75, 3.05) is 38.6 Å². The van der Waals surface area contributed by atoms with E-state index in [0.29, 0.717) is 6.04 Å². The number of hydrogen-bond donors (Lipinski definition) is 1. The predicted octanol–water partition coefficient (Wildman–Crippen LogP) is 1.58. The van der Waals surface area contributed by atoms with Crippen LogP contribution < -0.4 is 10.2 Å². The van der Waals surface area contributed by atoms with Crippen molar-refractivity contribution < 1.29 is 0 Å². The van der Waals surface area contributed by atoms with Gasteiger partial charge in [-0.3, -0.25) is 0 Å². The van der Waals surface area contributed by atoms with Crippen LogP contribution in [0.5, 0.6) is 0 Å². The minimum Gasteiger partial charge on any atom is -0.351 e. The summed E-state index contributed by atoms with van der Waals surface area (Å²) < 4.78 is 2.20. The van der Waals surface area contributed by atoms with E-state index in [4.69, 9.17) is 4.98 Å². The zero-order valence-corrected chi connectivity index (χ0v) is 13.2. The summed E-state index contributed by atoms with van der Waals surface area (Å²) in [5, 5.41) is 3.28. The van der Waals surface area contributed by atoms with Gasteiger partial charge >= 0.3 is 0 Å². The van der Waals surface area contributed by atoms with E-state index in [1.165, 1.54) is 12.1 Å². The molecular weight excluding hydrogens is 262 g/mol. The van der Waals surface area contributed by atoms with Crippen molar-refractivity contribution in [1.82, 2.24) is 19.6 Å². The van der Waals surface area contributed by atoms with Gasteiger partial charge in [-0.05, 0) is 46.1 Å². The molecule has 114 valence electrons. The second-order valence-electron chi connectivity index (χ2n) is 6.00. The summed E-state index contributed by atoms with van der Waals surface area (Å²) in [6.45, 7) is 6.46. The molecule has 5 nitrogen and oxygen atoms in total. The maximum Gasteiger partial charge on any atom is 0.152 e. The molecule has 0 radical (unpaired) electrons. The van der Waals surface area contributed by atoms with Crippen LogP contribution in [0.15, 0.2) is 24.4 Å².